The number of aromatic hydroxyl groups is 1. The van der Waals surface area contributed by atoms with Crippen molar-refractivity contribution >= 4 is 29.6 Å². The smallest absolute Gasteiger partial charge is 0.328 e. The van der Waals surface area contributed by atoms with Crippen LogP contribution in [0.5, 0.6) is 5.75 Å². The molecule has 6 atom stereocenters. The van der Waals surface area contributed by atoms with E-state index in [1.54, 1.807) is 12.1 Å². The van der Waals surface area contributed by atoms with Crippen LogP contribution in [0.1, 0.15) is 44.6 Å². The molecule has 15 nitrogen and oxygen atoms in total. The molecule has 15 heteroatoms. The number of nitrogens with one attached hydrogen (secondary N) is 3. The highest BCUT2D eigenvalue weighted by atomic mass is 16.4. The second kappa shape index (κ2) is 16.6. The summed E-state index contributed by atoms with van der Waals surface area (Å²) >= 11 is 0. The van der Waals surface area contributed by atoms with Crippen LogP contribution in [0.3, 0.4) is 0 Å². The van der Waals surface area contributed by atoms with E-state index >= 15 is 0 Å². The molecule has 1 aromatic carbocycles. The van der Waals surface area contributed by atoms with Gasteiger partial charge in [-0.25, -0.2) is 4.79 Å². The molecule has 0 radical (unpaired) electrons. The van der Waals surface area contributed by atoms with Crippen LogP contribution in [-0.4, -0.2) is 111 Å². The number of aliphatic hydroxyl groups is 2. The number of carboxylic acids is 1. The van der Waals surface area contributed by atoms with Gasteiger partial charge in [0.2, 0.25) is 23.6 Å². The van der Waals surface area contributed by atoms with Crippen molar-refractivity contribution in [1.82, 2.24) is 20.9 Å². The lowest BCUT2D eigenvalue weighted by atomic mass is 10.0. The lowest BCUT2D eigenvalue weighted by Crippen LogP contribution is -2.60. The first-order valence-electron chi connectivity index (χ1n) is 13.9. The fourth-order valence-electron chi connectivity index (χ4n) is 4.60. The molecule has 1 aromatic rings. The molecule has 0 aliphatic carbocycles. The second-order valence-corrected chi connectivity index (χ2v) is 10.3. The maximum Gasteiger partial charge on any atom is 0.328 e. The van der Waals surface area contributed by atoms with Crippen molar-refractivity contribution in [2.24, 2.45) is 11.5 Å². The number of carboxylic acid groups (broad SMARTS) is 1. The highest BCUT2D eigenvalue weighted by molar-refractivity contribution is 5.96. The Morgan fingerprint density at radius 2 is 1.69 bits per heavy atom. The van der Waals surface area contributed by atoms with E-state index in [1.165, 1.54) is 24.0 Å². The summed E-state index contributed by atoms with van der Waals surface area (Å²) in [7, 11) is 0. The normalized spacial score (nSPS) is 18.3. The van der Waals surface area contributed by atoms with Crippen molar-refractivity contribution in [3.8, 4) is 5.75 Å². The number of aliphatic hydroxyl groups excluding tert-OH is 2. The molecule has 1 saturated heterocycles. The summed E-state index contributed by atoms with van der Waals surface area (Å²) in [6.45, 7) is 0.968. The van der Waals surface area contributed by atoms with Crippen molar-refractivity contribution in [2.45, 2.75) is 81.8 Å². The van der Waals surface area contributed by atoms with Gasteiger partial charge in [-0.15, -0.1) is 0 Å². The lowest BCUT2D eigenvalue weighted by molar-refractivity contribution is -0.145. The standard InChI is InChI=1S/C27H42N6O9/c1-15(35)22(32-23(37)18(29)13-16-7-9-17(36)10-8-16)26(40)33-12-4-6-21(33)25(39)30-19(5-2-3-11-28)24(38)31-20(14-34)27(41)42/h7-10,15,18-22,34-36H,2-6,11-14,28-29H2,1H3,(H,30,39)(H,31,38)(H,32,37)(H,41,42)/t15-,18+,19+,20+,21+,22+/m1/s1. The number of likely N-dealkylation sites (tertiary alicyclic amines) is 1. The quantitative estimate of drug-likeness (QED) is 0.0889. The van der Waals surface area contributed by atoms with Crippen LogP contribution in [0.4, 0.5) is 0 Å². The van der Waals surface area contributed by atoms with Crippen LogP contribution in [-0.2, 0) is 30.4 Å². The third-order valence-corrected chi connectivity index (χ3v) is 6.99. The number of carbonyl (C=O) groups is 5. The first-order valence-corrected chi connectivity index (χ1v) is 13.9. The fourth-order valence-corrected chi connectivity index (χ4v) is 4.60. The van der Waals surface area contributed by atoms with Gasteiger partial charge in [-0.2, -0.15) is 0 Å². The molecule has 4 amide bonds. The largest absolute Gasteiger partial charge is 0.508 e. The number of nitrogens with two attached hydrogens (primary N) is 2. The molecular formula is C27H42N6O9. The van der Waals surface area contributed by atoms with Gasteiger partial charge in [0.25, 0.3) is 0 Å². The number of carbonyl (C=O) groups excluding carboxylic acids is 4. The van der Waals surface area contributed by atoms with E-state index in [4.69, 9.17) is 16.6 Å². The number of phenols is 1. The number of rotatable bonds is 16. The molecule has 1 heterocycles. The van der Waals surface area contributed by atoms with Crippen molar-refractivity contribution in [2.75, 3.05) is 19.7 Å². The van der Waals surface area contributed by atoms with Crippen molar-refractivity contribution in [3.63, 3.8) is 0 Å². The third kappa shape index (κ3) is 9.94. The van der Waals surface area contributed by atoms with Gasteiger partial charge in [-0.3, -0.25) is 19.2 Å². The number of phenolic OH excluding ortho intramolecular Hbond substituents is 1. The molecule has 42 heavy (non-hydrogen) atoms. The molecule has 0 aromatic heterocycles. The molecule has 0 bridgehead atoms. The Kier molecular flexibility index (Phi) is 13.6. The number of aliphatic carboxylic acids is 1. The third-order valence-electron chi connectivity index (χ3n) is 6.99. The molecule has 0 unspecified atom stereocenters. The molecular weight excluding hydrogens is 552 g/mol. The van der Waals surface area contributed by atoms with Crippen molar-refractivity contribution in [1.29, 1.82) is 0 Å². The van der Waals surface area contributed by atoms with E-state index in [0.29, 0.717) is 31.4 Å². The molecule has 234 valence electrons. The van der Waals surface area contributed by atoms with E-state index in [9.17, 15) is 39.3 Å². The first kappa shape index (κ1) is 34.4. The Bertz CT molecular complexity index is 1080. The van der Waals surface area contributed by atoms with E-state index < -0.39 is 72.5 Å². The number of benzene rings is 1. The fraction of sp³-hybridized carbons (Fsp3) is 0.593. The van der Waals surface area contributed by atoms with Gasteiger partial charge < -0.3 is 52.7 Å². The molecule has 1 aliphatic heterocycles. The summed E-state index contributed by atoms with van der Waals surface area (Å²) in [5.74, 6) is -4.27. The van der Waals surface area contributed by atoms with Gasteiger partial charge in [0.05, 0.1) is 18.8 Å². The monoisotopic (exact) mass is 594 g/mol. The molecule has 11 N–H and O–H groups in total. The van der Waals surface area contributed by atoms with Crippen LogP contribution in [0.2, 0.25) is 0 Å². The Morgan fingerprint density at radius 3 is 2.26 bits per heavy atom. The number of nitrogens with zero attached hydrogens (tertiary/aromatic N) is 1. The van der Waals surface area contributed by atoms with E-state index in [0.717, 1.165) is 0 Å². The van der Waals surface area contributed by atoms with Crippen molar-refractivity contribution in [3.05, 3.63) is 29.8 Å². The van der Waals surface area contributed by atoms with Gasteiger partial charge >= 0.3 is 5.97 Å². The van der Waals surface area contributed by atoms with Gasteiger partial charge in [-0.1, -0.05) is 12.1 Å². The predicted molar refractivity (Wildman–Crippen MR) is 150 cm³/mol. The van der Waals surface area contributed by atoms with E-state index in [1.807, 2.05) is 0 Å². The van der Waals surface area contributed by atoms with Crippen LogP contribution >= 0.6 is 0 Å². The summed E-state index contributed by atoms with van der Waals surface area (Å²) in [5.41, 5.74) is 12.2. The van der Waals surface area contributed by atoms with Gasteiger partial charge in [-0.05, 0) is 69.7 Å². The highest BCUT2D eigenvalue weighted by Crippen LogP contribution is 2.20. The number of hydrogen-bond donors (Lipinski definition) is 9. The maximum atomic E-state index is 13.5. The summed E-state index contributed by atoms with van der Waals surface area (Å²) in [5, 5.41) is 45.4. The van der Waals surface area contributed by atoms with Crippen molar-refractivity contribution < 1.29 is 44.4 Å². The topological polar surface area (TPSA) is 258 Å². The Morgan fingerprint density at radius 1 is 1.02 bits per heavy atom. The van der Waals surface area contributed by atoms with Gasteiger partial charge in [0, 0.05) is 6.54 Å². The number of unbranched alkanes of at least 4 members (excludes halogenated alkanes) is 1. The zero-order chi connectivity index (χ0) is 31.4. The summed E-state index contributed by atoms with van der Waals surface area (Å²) < 4.78 is 0. The average molecular weight is 595 g/mol. The molecule has 0 saturated carbocycles. The number of hydrogen-bond acceptors (Lipinski definition) is 10. The minimum atomic E-state index is -1.56. The Labute approximate surface area is 243 Å². The number of amides is 4. The summed E-state index contributed by atoms with van der Waals surface area (Å²) in [6.07, 6.45) is 0.602. The zero-order valence-corrected chi connectivity index (χ0v) is 23.6. The summed E-state index contributed by atoms with van der Waals surface area (Å²) in [6, 6.07) is -0.103. The minimum absolute atomic E-state index is 0.0536. The maximum absolute atomic E-state index is 13.5. The van der Waals surface area contributed by atoms with Crippen LogP contribution in [0, 0.1) is 0 Å². The molecule has 1 aliphatic rings. The SMILES string of the molecule is C[C@@H](O)[C@H](NC(=O)[C@@H](N)Cc1ccc(O)cc1)C(=O)N1CCC[C@H]1C(=O)N[C@@H](CCCCN)C(=O)N[C@@H](CO)C(=O)O. The predicted octanol–water partition coefficient (Wildman–Crippen LogP) is -2.71. The zero-order valence-electron chi connectivity index (χ0n) is 23.6. The molecule has 1 fully saturated rings. The highest BCUT2D eigenvalue weighted by Gasteiger charge is 2.40. The second-order valence-electron chi connectivity index (χ2n) is 10.3. The van der Waals surface area contributed by atoms with Crippen LogP contribution < -0.4 is 27.4 Å². The molecule has 2 rings (SSSR count). The average Bonchev–Trinajstić information content (AvgIpc) is 3.44. The van der Waals surface area contributed by atoms with Gasteiger partial charge in [0.15, 0.2) is 0 Å². The summed E-state index contributed by atoms with van der Waals surface area (Å²) in [4.78, 5) is 64.8. The Balaban J connectivity index is 2.12. The molecule has 0 spiro atoms. The Hall–Kier alpha value is -3.79. The van der Waals surface area contributed by atoms with E-state index in [-0.39, 0.29) is 31.6 Å². The van der Waals surface area contributed by atoms with Gasteiger partial charge in [0.1, 0.15) is 29.9 Å². The minimum Gasteiger partial charge on any atom is -0.508 e. The van der Waals surface area contributed by atoms with Crippen LogP contribution in [0.15, 0.2) is 24.3 Å². The first-order chi connectivity index (χ1) is 19.9. The van der Waals surface area contributed by atoms with E-state index in [2.05, 4.69) is 16.0 Å². The van der Waals surface area contributed by atoms with Crippen LogP contribution in [0.25, 0.3) is 0 Å². The lowest BCUT2D eigenvalue weighted by Gasteiger charge is -2.31.